The molecule has 104 valence electrons. The zero-order valence-electron chi connectivity index (χ0n) is 12.0. The second-order valence-electron chi connectivity index (χ2n) is 5.87. The van der Waals surface area contributed by atoms with Crippen molar-refractivity contribution in [2.45, 2.75) is 37.6 Å². The summed E-state index contributed by atoms with van der Waals surface area (Å²) in [5.74, 6) is 5.88. The van der Waals surface area contributed by atoms with Gasteiger partial charge in [0, 0.05) is 11.5 Å². The van der Waals surface area contributed by atoms with Crippen molar-refractivity contribution < 1.29 is 0 Å². The Morgan fingerprint density at radius 1 is 1.05 bits per heavy atom. The third-order valence-corrected chi connectivity index (χ3v) is 4.69. The quantitative estimate of drug-likeness (QED) is 0.644. The van der Waals surface area contributed by atoms with Crippen molar-refractivity contribution in [1.82, 2.24) is 5.43 Å². The molecular formula is C18H22N2. The molecule has 1 aliphatic rings. The zero-order valence-corrected chi connectivity index (χ0v) is 12.0. The summed E-state index contributed by atoms with van der Waals surface area (Å²) in [4.78, 5) is 0. The molecule has 3 rings (SSSR count). The maximum atomic E-state index is 5.88. The lowest BCUT2D eigenvalue weighted by molar-refractivity contribution is 0.420. The smallest absolute Gasteiger partial charge is 0.0347 e. The van der Waals surface area contributed by atoms with Crippen LogP contribution < -0.4 is 11.3 Å². The van der Waals surface area contributed by atoms with E-state index in [2.05, 4.69) is 66.9 Å². The first-order valence-corrected chi connectivity index (χ1v) is 7.32. The highest BCUT2D eigenvalue weighted by molar-refractivity contribution is 5.36. The molecule has 1 aliphatic carbocycles. The Balaban J connectivity index is 1.86. The van der Waals surface area contributed by atoms with E-state index in [1.807, 2.05) is 0 Å². The highest BCUT2D eigenvalue weighted by atomic mass is 15.2. The fraction of sp³-hybridized carbons (Fsp3) is 0.333. The number of hydrazine groups is 1. The molecule has 0 amide bonds. The van der Waals surface area contributed by atoms with Crippen molar-refractivity contribution >= 4 is 0 Å². The Hall–Kier alpha value is -1.64. The molecule has 1 unspecified atom stereocenters. The fourth-order valence-electron chi connectivity index (χ4n) is 3.22. The predicted molar refractivity (Wildman–Crippen MR) is 83.3 cm³/mol. The predicted octanol–water partition coefficient (Wildman–Crippen LogP) is 3.10. The fourth-order valence-corrected chi connectivity index (χ4v) is 3.22. The minimum Gasteiger partial charge on any atom is -0.271 e. The standard InChI is InChI=1S/C18H22N2/c1-14-7-5-6-8-15(14)13-17(20-19)18(11-12-18)16-9-3-2-4-10-16/h2-10,17,20H,11-13,19H2,1H3. The van der Waals surface area contributed by atoms with Gasteiger partial charge in [0.05, 0.1) is 0 Å². The van der Waals surface area contributed by atoms with Crippen LogP contribution in [0.4, 0.5) is 0 Å². The van der Waals surface area contributed by atoms with Gasteiger partial charge in [-0.1, -0.05) is 54.6 Å². The molecule has 2 nitrogen and oxygen atoms in total. The summed E-state index contributed by atoms with van der Waals surface area (Å²) in [5, 5.41) is 0. The Morgan fingerprint density at radius 3 is 2.30 bits per heavy atom. The molecule has 2 aromatic carbocycles. The summed E-state index contributed by atoms with van der Waals surface area (Å²) in [7, 11) is 0. The highest BCUT2D eigenvalue weighted by Gasteiger charge is 2.50. The monoisotopic (exact) mass is 266 g/mol. The first-order valence-electron chi connectivity index (χ1n) is 7.32. The lowest BCUT2D eigenvalue weighted by Gasteiger charge is -2.27. The van der Waals surface area contributed by atoms with E-state index >= 15 is 0 Å². The van der Waals surface area contributed by atoms with Crippen LogP contribution in [-0.2, 0) is 11.8 Å². The largest absolute Gasteiger partial charge is 0.271 e. The van der Waals surface area contributed by atoms with Crippen LogP contribution in [-0.4, -0.2) is 6.04 Å². The number of hydrogen-bond acceptors (Lipinski definition) is 2. The summed E-state index contributed by atoms with van der Waals surface area (Å²) >= 11 is 0. The SMILES string of the molecule is Cc1ccccc1CC(NN)C1(c2ccccc2)CC1. The first kappa shape index (κ1) is 13.3. The van der Waals surface area contributed by atoms with Gasteiger partial charge < -0.3 is 0 Å². The van der Waals surface area contributed by atoms with E-state index in [1.54, 1.807) is 0 Å². The molecule has 3 N–H and O–H groups in total. The maximum absolute atomic E-state index is 5.88. The van der Waals surface area contributed by atoms with Gasteiger partial charge in [-0.25, -0.2) is 0 Å². The topological polar surface area (TPSA) is 38.0 Å². The third-order valence-electron chi connectivity index (χ3n) is 4.69. The van der Waals surface area contributed by atoms with Crippen LogP contribution in [0.25, 0.3) is 0 Å². The third kappa shape index (κ3) is 2.37. The lowest BCUT2D eigenvalue weighted by atomic mass is 9.84. The van der Waals surface area contributed by atoms with Crippen molar-refractivity contribution in [2.75, 3.05) is 0 Å². The molecule has 0 radical (unpaired) electrons. The first-order chi connectivity index (χ1) is 9.76. The van der Waals surface area contributed by atoms with Gasteiger partial charge >= 0.3 is 0 Å². The molecule has 0 spiro atoms. The van der Waals surface area contributed by atoms with Crippen LogP contribution in [0, 0.1) is 6.92 Å². The van der Waals surface area contributed by atoms with Gasteiger partial charge in [-0.15, -0.1) is 0 Å². The molecule has 20 heavy (non-hydrogen) atoms. The Bertz CT molecular complexity index is 573. The second kappa shape index (κ2) is 5.39. The average molecular weight is 266 g/mol. The number of rotatable bonds is 5. The van der Waals surface area contributed by atoms with Gasteiger partial charge in [0.25, 0.3) is 0 Å². The van der Waals surface area contributed by atoms with E-state index in [9.17, 15) is 0 Å². The lowest BCUT2D eigenvalue weighted by Crippen LogP contribution is -2.45. The molecule has 2 heteroatoms. The van der Waals surface area contributed by atoms with Crippen LogP contribution in [0.15, 0.2) is 54.6 Å². The number of benzene rings is 2. The van der Waals surface area contributed by atoms with Crippen molar-refractivity contribution in [3.05, 3.63) is 71.3 Å². The van der Waals surface area contributed by atoms with Crippen molar-refractivity contribution in [2.24, 2.45) is 5.84 Å². The maximum Gasteiger partial charge on any atom is 0.0347 e. The van der Waals surface area contributed by atoms with E-state index in [-0.39, 0.29) is 5.41 Å². The normalized spacial score (nSPS) is 17.7. The van der Waals surface area contributed by atoms with Gasteiger partial charge in [-0.3, -0.25) is 11.3 Å². The van der Waals surface area contributed by atoms with Crippen molar-refractivity contribution in [1.29, 1.82) is 0 Å². The van der Waals surface area contributed by atoms with E-state index in [0.717, 1.165) is 6.42 Å². The molecule has 0 aromatic heterocycles. The van der Waals surface area contributed by atoms with Gasteiger partial charge in [-0.2, -0.15) is 0 Å². The summed E-state index contributed by atoms with van der Waals surface area (Å²) in [6, 6.07) is 19.7. The molecule has 1 atom stereocenters. The van der Waals surface area contributed by atoms with Crippen LogP contribution in [0.2, 0.25) is 0 Å². The van der Waals surface area contributed by atoms with E-state index in [0.29, 0.717) is 6.04 Å². The number of aryl methyl sites for hydroxylation is 1. The molecule has 1 saturated carbocycles. The number of hydrogen-bond donors (Lipinski definition) is 2. The molecular weight excluding hydrogens is 244 g/mol. The molecule has 1 fully saturated rings. The minimum absolute atomic E-state index is 0.221. The summed E-state index contributed by atoms with van der Waals surface area (Å²) in [6.45, 7) is 2.17. The van der Waals surface area contributed by atoms with Crippen LogP contribution in [0.1, 0.15) is 29.5 Å². The zero-order chi connectivity index (χ0) is 14.0. The highest BCUT2D eigenvalue weighted by Crippen LogP contribution is 2.51. The molecule has 0 saturated heterocycles. The van der Waals surface area contributed by atoms with E-state index in [4.69, 9.17) is 5.84 Å². The summed E-state index contributed by atoms with van der Waals surface area (Å²) in [6.07, 6.45) is 3.42. The molecule has 0 heterocycles. The Kier molecular flexibility index (Phi) is 3.60. The van der Waals surface area contributed by atoms with Gasteiger partial charge in [0.1, 0.15) is 0 Å². The van der Waals surface area contributed by atoms with Crippen LogP contribution in [0.5, 0.6) is 0 Å². The minimum atomic E-state index is 0.221. The van der Waals surface area contributed by atoms with Crippen molar-refractivity contribution in [3.8, 4) is 0 Å². The van der Waals surface area contributed by atoms with Crippen molar-refractivity contribution in [3.63, 3.8) is 0 Å². The molecule has 0 bridgehead atoms. The average Bonchev–Trinajstić information content (AvgIpc) is 3.29. The number of nitrogens with two attached hydrogens (primary N) is 1. The Labute approximate surface area is 121 Å². The van der Waals surface area contributed by atoms with Gasteiger partial charge in [0.15, 0.2) is 0 Å². The number of nitrogens with one attached hydrogen (secondary N) is 1. The van der Waals surface area contributed by atoms with Gasteiger partial charge in [-0.05, 0) is 42.9 Å². The molecule has 0 aliphatic heterocycles. The van der Waals surface area contributed by atoms with Crippen LogP contribution >= 0.6 is 0 Å². The summed E-state index contributed by atoms with van der Waals surface area (Å²) in [5.41, 5.74) is 7.44. The van der Waals surface area contributed by atoms with E-state index in [1.165, 1.54) is 29.5 Å². The van der Waals surface area contributed by atoms with Gasteiger partial charge in [0.2, 0.25) is 0 Å². The van der Waals surface area contributed by atoms with Crippen LogP contribution in [0.3, 0.4) is 0 Å². The Morgan fingerprint density at radius 2 is 1.70 bits per heavy atom. The van der Waals surface area contributed by atoms with E-state index < -0.39 is 0 Å². The molecule has 2 aromatic rings. The second-order valence-corrected chi connectivity index (χ2v) is 5.87. The summed E-state index contributed by atoms with van der Waals surface area (Å²) < 4.78 is 0.